The third-order valence-electron chi connectivity index (χ3n) is 3.10. The molecule has 0 aliphatic carbocycles. The third-order valence-corrected chi connectivity index (χ3v) is 3.69. The van der Waals surface area contributed by atoms with Gasteiger partial charge in [-0.3, -0.25) is 0 Å². The molecule has 2 aromatic rings. The largest absolute Gasteiger partial charge is 0.355 e. The van der Waals surface area contributed by atoms with Crippen LogP contribution < -0.4 is 5.32 Å². The number of imidazole rings is 1. The molecule has 20 heavy (non-hydrogen) atoms. The molecule has 108 valence electrons. The molecule has 1 aromatic carbocycles. The lowest BCUT2D eigenvalue weighted by molar-refractivity contribution is 0.604. The number of nitrogens with one attached hydrogen (secondary N) is 1. The monoisotopic (exact) mass is 311 g/mol. The van der Waals surface area contributed by atoms with E-state index in [9.17, 15) is 0 Å². The summed E-state index contributed by atoms with van der Waals surface area (Å²) < 4.78 is 2.14. The van der Waals surface area contributed by atoms with E-state index in [4.69, 9.17) is 23.2 Å². The lowest BCUT2D eigenvalue weighted by Gasteiger charge is -2.13. The predicted octanol–water partition coefficient (Wildman–Crippen LogP) is 4.73. The fourth-order valence-electron chi connectivity index (χ4n) is 2.07. The Morgan fingerprint density at radius 1 is 1.30 bits per heavy atom. The van der Waals surface area contributed by atoms with E-state index in [2.05, 4.69) is 34.9 Å². The van der Waals surface area contributed by atoms with E-state index in [-0.39, 0.29) is 0 Å². The molecule has 3 nitrogen and oxygen atoms in total. The SMILES string of the molecule is Cc1cn(C(C)C)c(NCCc2ccc(Cl)cc2Cl)n1. The van der Waals surface area contributed by atoms with Crippen LogP contribution in [0.1, 0.15) is 31.1 Å². The molecule has 0 aliphatic rings. The van der Waals surface area contributed by atoms with Gasteiger partial charge in [-0.1, -0.05) is 29.3 Å². The highest BCUT2D eigenvalue weighted by Gasteiger charge is 2.08. The minimum atomic E-state index is 0.387. The van der Waals surface area contributed by atoms with Gasteiger partial charge in [0.2, 0.25) is 5.95 Å². The Kier molecular flexibility index (Phi) is 4.95. The zero-order chi connectivity index (χ0) is 14.7. The summed E-state index contributed by atoms with van der Waals surface area (Å²) >= 11 is 12.1. The molecule has 5 heteroatoms. The lowest BCUT2D eigenvalue weighted by atomic mass is 10.1. The van der Waals surface area contributed by atoms with Crippen LogP contribution in [0.2, 0.25) is 10.0 Å². The summed E-state index contributed by atoms with van der Waals surface area (Å²) in [7, 11) is 0. The zero-order valence-corrected chi connectivity index (χ0v) is 13.5. The maximum Gasteiger partial charge on any atom is 0.203 e. The van der Waals surface area contributed by atoms with Gasteiger partial charge in [0.1, 0.15) is 0 Å². The van der Waals surface area contributed by atoms with E-state index in [0.29, 0.717) is 16.1 Å². The van der Waals surface area contributed by atoms with Crippen LogP contribution in [0.4, 0.5) is 5.95 Å². The van der Waals surface area contributed by atoms with Crippen molar-refractivity contribution in [1.82, 2.24) is 9.55 Å². The average Bonchev–Trinajstić information content (AvgIpc) is 2.73. The summed E-state index contributed by atoms with van der Waals surface area (Å²) in [5.74, 6) is 0.905. The highest BCUT2D eigenvalue weighted by Crippen LogP contribution is 2.21. The molecule has 1 heterocycles. The Morgan fingerprint density at radius 2 is 2.05 bits per heavy atom. The van der Waals surface area contributed by atoms with Crippen LogP contribution in [0, 0.1) is 6.92 Å². The smallest absolute Gasteiger partial charge is 0.203 e. The molecule has 0 saturated carbocycles. The van der Waals surface area contributed by atoms with Crippen molar-refractivity contribution >= 4 is 29.2 Å². The third kappa shape index (κ3) is 3.68. The van der Waals surface area contributed by atoms with Crippen LogP contribution in [-0.4, -0.2) is 16.1 Å². The minimum Gasteiger partial charge on any atom is -0.355 e. The van der Waals surface area contributed by atoms with Crippen LogP contribution in [0.5, 0.6) is 0 Å². The number of aryl methyl sites for hydroxylation is 1. The van der Waals surface area contributed by atoms with Gasteiger partial charge in [-0.25, -0.2) is 4.98 Å². The molecule has 1 N–H and O–H groups in total. The predicted molar refractivity (Wildman–Crippen MR) is 86.0 cm³/mol. The second kappa shape index (κ2) is 6.51. The topological polar surface area (TPSA) is 29.9 Å². The summed E-state index contributed by atoms with van der Waals surface area (Å²) in [6, 6.07) is 5.99. The van der Waals surface area contributed by atoms with E-state index in [1.807, 2.05) is 19.1 Å². The standard InChI is InChI=1S/C15H19Cl2N3/c1-10(2)20-9-11(3)19-15(20)18-7-6-12-4-5-13(16)8-14(12)17/h4-5,8-10H,6-7H2,1-3H3,(H,18,19). The fraction of sp³-hybridized carbons (Fsp3) is 0.400. The highest BCUT2D eigenvalue weighted by molar-refractivity contribution is 6.35. The first-order valence-electron chi connectivity index (χ1n) is 6.70. The normalized spacial score (nSPS) is 11.1. The molecule has 0 amide bonds. The Bertz CT molecular complexity index is 591. The molecule has 0 aliphatic heterocycles. The molecule has 0 fully saturated rings. The first kappa shape index (κ1) is 15.2. The minimum absolute atomic E-state index is 0.387. The molecule has 0 atom stereocenters. The highest BCUT2D eigenvalue weighted by atomic mass is 35.5. The second-order valence-corrected chi connectivity index (χ2v) is 5.96. The fourth-order valence-corrected chi connectivity index (χ4v) is 2.58. The molecular weight excluding hydrogens is 293 g/mol. The van der Waals surface area contributed by atoms with Gasteiger partial charge in [-0.2, -0.15) is 0 Å². The van der Waals surface area contributed by atoms with Gasteiger partial charge in [-0.05, 0) is 44.9 Å². The number of hydrogen-bond donors (Lipinski definition) is 1. The molecule has 0 saturated heterocycles. The number of halogens is 2. The van der Waals surface area contributed by atoms with E-state index >= 15 is 0 Å². The molecule has 0 spiro atoms. The van der Waals surface area contributed by atoms with E-state index in [0.717, 1.165) is 30.2 Å². The van der Waals surface area contributed by atoms with Gasteiger partial charge in [0.25, 0.3) is 0 Å². The van der Waals surface area contributed by atoms with Crippen LogP contribution in [-0.2, 0) is 6.42 Å². The van der Waals surface area contributed by atoms with Crippen LogP contribution in [0.25, 0.3) is 0 Å². The maximum absolute atomic E-state index is 6.16. The van der Waals surface area contributed by atoms with Gasteiger partial charge >= 0.3 is 0 Å². The number of rotatable bonds is 5. The summed E-state index contributed by atoms with van der Waals surface area (Å²) in [5, 5.41) is 4.74. The Balaban J connectivity index is 1.99. The van der Waals surface area contributed by atoms with Crippen molar-refractivity contribution in [2.45, 2.75) is 33.2 Å². The van der Waals surface area contributed by atoms with Crippen LogP contribution >= 0.6 is 23.2 Å². The van der Waals surface area contributed by atoms with Crippen molar-refractivity contribution in [2.24, 2.45) is 0 Å². The lowest BCUT2D eigenvalue weighted by Crippen LogP contribution is -2.11. The molecular formula is C15H19Cl2N3. The summed E-state index contributed by atoms with van der Waals surface area (Å²) in [6.45, 7) is 7.06. The Labute approximate surface area is 129 Å². The number of aromatic nitrogens is 2. The summed E-state index contributed by atoms with van der Waals surface area (Å²) in [4.78, 5) is 4.50. The molecule has 1 aromatic heterocycles. The molecule has 0 unspecified atom stereocenters. The van der Waals surface area contributed by atoms with E-state index in [1.54, 1.807) is 6.07 Å². The summed E-state index contributed by atoms with van der Waals surface area (Å²) in [5.41, 5.74) is 2.11. The molecule has 2 rings (SSSR count). The first-order valence-corrected chi connectivity index (χ1v) is 7.46. The van der Waals surface area contributed by atoms with E-state index in [1.165, 1.54) is 0 Å². The van der Waals surface area contributed by atoms with Crippen molar-refractivity contribution in [1.29, 1.82) is 0 Å². The Morgan fingerprint density at radius 3 is 2.70 bits per heavy atom. The first-order chi connectivity index (χ1) is 9.47. The number of benzene rings is 1. The number of hydrogen-bond acceptors (Lipinski definition) is 2. The van der Waals surface area contributed by atoms with Crippen molar-refractivity contribution in [3.05, 3.63) is 45.7 Å². The van der Waals surface area contributed by atoms with Gasteiger partial charge in [-0.15, -0.1) is 0 Å². The van der Waals surface area contributed by atoms with Gasteiger partial charge < -0.3 is 9.88 Å². The van der Waals surface area contributed by atoms with Crippen LogP contribution in [0.3, 0.4) is 0 Å². The average molecular weight is 312 g/mol. The van der Waals surface area contributed by atoms with Gasteiger partial charge in [0.15, 0.2) is 0 Å². The zero-order valence-electron chi connectivity index (χ0n) is 12.0. The van der Waals surface area contributed by atoms with Gasteiger partial charge in [0, 0.05) is 28.8 Å². The van der Waals surface area contributed by atoms with Crippen molar-refractivity contribution in [3.8, 4) is 0 Å². The second-order valence-electron chi connectivity index (χ2n) is 5.12. The van der Waals surface area contributed by atoms with E-state index < -0.39 is 0 Å². The van der Waals surface area contributed by atoms with Crippen molar-refractivity contribution < 1.29 is 0 Å². The molecule has 0 bridgehead atoms. The maximum atomic E-state index is 6.16. The van der Waals surface area contributed by atoms with Crippen molar-refractivity contribution in [3.63, 3.8) is 0 Å². The number of anilines is 1. The van der Waals surface area contributed by atoms with Gasteiger partial charge in [0.05, 0.1) is 5.69 Å². The van der Waals surface area contributed by atoms with Crippen LogP contribution in [0.15, 0.2) is 24.4 Å². The molecule has 0 radical (unpaired) electrons. The van der Waals surface area contributed by atoms with Crippen molar-refractivity contribution in [2.75, 3.05) is 11.9 Å². The quantitative estimate of drug-likeness (QED) is 0.864. The summed E-state index contributed by atoms with van der Waals surface area (Å²) in [6.07, 6.45) is 2.89. The number of nitrogens with zero attached hydrogens (tertiary/aromatic N) is 2. The Hall–Kier alpha value is -1.19.